The topological polar surface area (TPSA) is 9.23 Å². The van der Waals surface area contributed by atoms with Crippen molar-refractivity contribution >= 4 is 11.9 Å². The Kier molecular flexibility index (Phi) is 3.98. The van der Waals surface area contributed by atoms with Crippen LogP contribution in [0.1, 0.15) is 0 Å². The highest BCUT2D eigenvalue weighted by Gasteiger charge is 1.63. The van der Waals surface area contributed by atoms with Gasteiger partial charge in [0, 0.05) is 0 Å². The fourth-order valence-electron chi connectivity index (χ4n) is 0.0364. The van der Waals surface area contributed by atoms with Crippen LogP contribution in [0.25, 0.3) is 0 Å². The maximum atomic E-state index is 4.67. The summed E-state index contributed by atoms with van der Waals surface area (Å²) in [5.74, 6) is 0. The molecule has 0 rings (SSSR count). The molecule has 0 heterocycles. The summed E-state index contributed by atoms with van der Waals surface area (Å²) < 4.78 is 3.92. The van der Waals surface area contributed by atoms with E-state index < -0.39 is 0 Å². The molecule has 5 heavy (non-hydrogen) atoms. The Labute approximate surface area is 36.4 Å². The second-order valence-corrected chi connectivity index (χ2v) is 0.639. The average molecular weight is 91.5 g/mol. The van der Waals surface area contributed by atoms with Gasteiger partial charge in [-0.2, -0.15) is 0 Å². The summed E-state index contributed by atoms with van der Waals surface area (Å²) in [5.41, 5.74) is 0. The van der Waals surface area contributed by atoms with Crippen LogP contribution in [0.2, 0.25) is 0 Å². The lowest BCUT2D eigenvalue weighted by Crippen LogP contribution is -1.57. The fourth-order valence-corrected chi connectivity index (χ4v) is 0.109. The molecule has 0 aromatic rings. The molecule has 0 aromatic heterocycles. The fraction of sp³-hybridized carbons (Fsp3) is 0. The van der Waals surface area contributed by atoms with E-state index in [1.807, 2.05) is 0 Å². The van der Waals surface area contributed by atoms with Crippen molar-refractivity contribution in [1.82, 2.24) is 0 Å². The molecule has 0 atom stereocenters. The first-order valence-electron chi connectivity index (χ1n) is 1.13. The van der Waals surface area contributed by atoms with Gasteiger partial charge in [0.15, 0.2) is 0 Å². The molecule has 2 heteroatoms. The van der Waals surface area contributed by atoms with E-state index in [-0.39, 0.29) is 0 Å². The van der Waals surface area contributed by atoms with E-state index in [4.69, 9.17) is 0 Å². The predicted molar refractivity (Wildman–Crippen MR) is 21.4 cm³/mol. The van der Waals surface area contributed by atoms with Crippen LogP contribution in [-0.4, -0.2) is 0 Å². The number of rotatable bonds is 2. The first-order chi connectivity index (χ1) is 2.41. The number of halogens is 1. The molecule has 0 fully saturated rings. The van der Waals surface area contributed by atoms with Gasteiger partial charge < -0.3 is 0 Å². The van der Waals surface area contributed by atoms with Gasteiger partial charge in [-0.1, -0.05) is 6.08 Å². The maximum Gasteiger partial charge on any atom is 0.128 e. The molecular formula is C3H4ClO. The summed E-state index contributed by atoms with van der Waals surface area (Å²) in [6, 6.07) is 0. The molecule has 0 aliphatic carbocycles. The Morgan fingerprint density at radius 1 is 1.80 bits per heavy atom. The zero-order valence-electron chi connectivity index (χ0n) is 2.65. The third-order valence-electron chi connectivity index (χ3n) is 0.148. The molecule has 0 aliphatic heterocycles. The first kappa shape index (κ1) is 4.99. The normalized spacial score (nSPS) is 7.40. The molecule has 0 aliphatic rings. The van der Waals surface area contributed by atoms with Crippen molar-refractivity contribution in [2.75, 3.05) is 0 Å². The number of hydrogen-bond donors (Lipinski definition) is 0. The van der Waals surface area contributed by atoms with Crippen LogP contribution in [0.3, 0.4) is 0 Å². The molecule has 0 saturated heterocycles. The smallest absolute Gasteiger partial charge is 0.128 e. The Hall–Kier alpha value is -0.0100. The molecule has 0 saturated carbocycles. The highest BCUT2D eigenvalue weighted by Crippen LogP contribution is 1.82. The minimum Gasteiger partial charge on any atom is -0.269 e. The first-order valence-corrected chi connectivity index (χ1v) is 1.44. The summed E-state index contributed by atoms with van der Waals surface area (Å²) in [6.45, 7) is 4.56. The zero-order valence-corrected chi connectivity index (χ0v) is 3.40. The van der Waals surface area contributed by atoms with Gasteiger partial charge in [0.2, 0.25) is 0 Å². The molecule has 0 amide bonds. The summed E-state index contributed by atoms with van der Waals surface area (Å²) in [4.78, 5) is 0. The monoisotopic (exact) mass is 91.0 g/mol. The van der Waals surface area contributed by atoms with Crippen molar-refractivity contribution in [3.8, 4) is 0 Å². The average Bonchev–Trinajstić information content (AvgIpc) is 1.41. The van der Waals surface area contributed by atoms with Crippen LogP contribution in [0.15, 0.2) is 12.7 Å². The van der Waals surface area contributed by atoms with E-state index in [1.165, 1.54) is 12.7 Å². The van der Waals surface area contributed by atoms with Gasteiger partial charge in [-0.3, -0.25) is 4.29 Å². The molecule has 0 N–H and O–H groups in total. The van der Waals surface area contributed by atoms with Gasteiger partial charge in [-0.05, 0) is 0 Å². The van der Waals surface area contributed by atoms with E-state index in [0.29, 0.717) is 0 Å². The Morgan fingerprint density at radius 2 is 2.40 bits per heavy atom. The molecule has 0 spiro atoms. The van der Waals surface area contributed by atoms with Crippen molar-refractivity contribution in [2.45, 2.75) is 0 Å². The number of hydrogen-bond acceptors (Lipinski definition) is 1. The van der Waals surface area contributed by atoms with Crippen molar-refractivity contribution in [3.05, 3.63) is 19.3 Å². The van der Waals surface area contributed by atoms with E-state index in [9.17, 15) is 0 Å². The lowest BCUT2D eigenvalue weighted by atomic mass is 10.7. The van der Waals surface area contributed by atoms with Crippen molar-refractivity contribution < 1.29 is 4.29 Å². The zero-order chi connectivity index (χ0) is 4.12. The van der Waals surface area contributed by atoms with Gasteiger partial charge in [-0.25, -0.2) is 0 Å². The Bertz CT molecular complexity index is 28.1. The predicted octanol–water partition coefficient (Wildman–Crippen LogP) is 1.50. The molecule has 1 nitrogen and oxygen atoms in total. The Morgan fingerprint density at radius 3 is 2.40 bits per heavy atom. The second kappa shape index (κ2) is 3.99. The van der Waals surface area contributed by atoms with Crippen molar-refractivity contribution in [3.63, 3.8) is 0 Å². The van der Waals surface area contributed by atoms with Crippen LogP contribution in [0.5, 0.6) is 0 Å². The molecule has 29 valence electrons. The Balaban J connectivity index is 2.40. The van der Waals surface area contributed by atoms with Gasteiger partial charge in [0.05, 0.1) is 11.9 Å². The van der Waals surface area contributed by atoms with E-state index in [2.05, 4.69) is 22.7 Å². The molecule has 0 bridgehead atoms. The highest BCUT2D eigenvalue weighted by atomic mass is 35.5. The maximum absolute atomic E-state index is 4.67. The third-order valence-corrected chi connectivity index (χ3v) is 0.251. The minimum absolute atomic E-state index is 1.28. The van der Waals surface area contributed by atoms with Crippen LogP contribution < -0.4 is 0 Å². The molecule has 0 unspecified atom stereocenters. The van der Waals surface area contributed by atoms with Crippen LogP contribution in [0.4, 0.5) is 0 Å². The molecule has 0 aromatic carbocycles. The molecule has 1 radical (unpaired) electrons. The van der Waals surface area contributed by atoms with E-state index in [1.54, 1.807) is 0 Å². The summed E-state index contributed by atoms with van der Waals surface area (Å²) in [7, 11) is 0. The van der Waals surface area contributed by atoms with Crippen molar-refractivity contribution in [2.24, 2.45) is 0 Å². The lowest BCUT2D eigenvalue weighted by Gasteiger charge is -1.72. The summed E-state index contributed by atoms with van der Waals surface area (Å²) in [5, 5.41) is 0. The van der Waals surface area contributed by atoms with Crippen LogP contribution in [0, 0.1) is 6.61 Å². The highest BCUT2D eigenvalue weighted by molar-refractivity contribution is 6.07. The SMILES string of the molecule is C=C[CH]OCl. The van der Waals surface area contributed by atoms with Gasteiger partial charge in [0.25, 0.3) is 0 Å². The lowest BCUT2D eigenvalue weighted by molar-refractivity contribution is 0.484. The van der Waals surface area contributed by atoms with Crippen molar-refractivity contribution in [1.29, 1.82) is 0 Å². The van der Waals surface area contributed by atoms with Gasteiger partial charge >= 0.3 is 0 Å². The third kappa shape index (κ3) is 3.99. The summed E-state index contributed by atoms with van der Waals surface area (Å²) >= 11 is 4.67. The second-order valence-electron chi connectivity index (χ2n) is 0.461. The van der Waals surface area contributed by atoms with Crippen LogP contribution in [-0.2, 0) is 4.29 Å². The van der Waals surface area contributed by atoms with E-state index in [0.717, 1.165) is 0 Å². The minimum atomic E-state index is 1.28. The molecular weight excluding hydrogens is 87.5 g/mol. The summed E-state index contributed by atoms with van der Waals surface area (Å²) in [6.07, 6.45) is 1.45. The van der Waals surface area contributed by atoms with Gasteiger partial charge in [0.1, 0.15) is 6.61 Å². The van der Waals surface area contributed by atoms with Gasteiger partial charge in [-0.15, -0.1) is 6.58 Å². The largest absolute Gasteiger partial charge is 0.269 e. The van der Waals surface area contributed by atoms with E-state index >= 15 is 0 Å². The van der Waals surface area contributed by atoms with Crippen LogP contribution >= 0.6 is 11.9 Å². The quantitative estimate of drug-likeness (QED) is 0.501. The standard InChI is InChI=1S/C3H4ClO/c1-2-3-5-4/h2-3H,1H2.